The van der Waals surface area contributed by atoms with Gasteiger partial charge in [0.15, 0.2) is 0 Å². The number of benzene rings is 1. The highest BCUT2D eigenvalue weighted by atomic mass is 19.4. The number of hydrogen-bond donors (Lipinski definition) is 2. The molecule has 2 N–H and O–H groups in total. The minimum atomic E-state index is -4.55. The van der Waals surface area contributed by atoms with Crippen molar-refractivity contribution in [1.82, 2.24) is 0 Å². The summed E-state index contributed by atoms with van der Waals surface area (Å²) in [6, 6.07) is 2.68. The first-order valence-electron chi connectivity index (χ1n) is 6.53. The molecule has 0 fully saturated rings. The van der Waals surface area contributed by atoms with Crippen LogP contribution < -0.4 is 5.32 Å². The highest BCUT2D eigenvalue weighted by Crippen LogP contribution is 2.31. The predicted molar refractivity (Wildman–Crippen MR) is 72.6 cm³/mol. The molecule has 0 radical (unpaired) electrons. The van der Waals surface area contributed by atoms with Crippen molar-refractivity contribution < 1.29 is 27.8 Å². The molecule has 0 amide bonds. The summed E-state index contributed by atoms with van der Waals surface area (Å²) in [6.45, 7) is 1.15. The number of rotatable bonds is 8. The molecular formula is C14H18F3NO3. The summed E-state index contributed by atoms with van der Waals surface area (Å²) in [6.07, 6.45) is -1.99. The van der Waals surface area contributed by atoms with Gasteiger partial charge in [0.1, 0.15) is 0 Å². The van der Waals surface area contributed by atoms with Crippen LogP contribution in [0.5, 0.6) is 0 Å². The Kier molecular flexibility index (Phi) is 6.48. The molecule has 0 heterocycles. The van der Waals surface area contributed by atoms with Gasteiger partial charge in [-0.15, -0.1) is 0 Å². The van der Waals surface area contributed by atoms with Crippen LogP contribution in [0.3, 0.4) is 0 Å². The Hall–Kier alpha value is -1.76. The largest absolute Gasteiger partial charge is 0.478 e. The summed E-state index contributed by atoms with van der Waals surface area (Å²) in [4.78, 5) is 11.1. The number of halogens is 3. The molecule has 0 aromatic heterocycles. The molecule has 7 heteroatoms. The fourth-order valence-corrected chi connectivity index (χ4v) is 1.82. The molecule has 0 saturated carbocycles. The number of methoxy groups -OCH3 is 1. The average Bonchev–Trinajstić information content (AvgIpc) is 2.41. The number of hydrogen-bond acceptors (Lipinski definition) is 3. The van der Waals surface area contributed by atoms with Gasteiger partial charge in [-0.05, 0) is 37.5 Å². The number of ether oxygens (including phenoxy) is 1. The van der Waals surface area contributed by atoms with E-state index in [9.17, 15) is 18.0 Å². The lowest BCUT2D eigenvalue weighted by Crippen LogP contribution is -2.11. The average molecular weight is 305 g/mol. The molecule has 0 aliphatic rings. The number of aromatic carboxylic acids is 1. The van der Waals surface area contributed by atoms with Crippen molar-refractivity contribution in [2.24, 2.45) is 0 Å². The van der Waals surface area contributed by atoms with E-state index in [2.05, 4.69) is 5.32 Å². The second-order valence-corrected chi connectivity index (χ2v) is 4.54. The molecule has 0 unspecified atom stereocenters. The maximum atomic E-state index is 12.6. The summed E-state index contributed by atoms with van der Waals surface area (Å²) < 4.78 is 42.6. The van der Waals surface area contributed by atoms with Crippen LogP contribution in [-0.2, 0) is 10.9 Å². The van der Waals surface area contributed by atoms with Crippen molar-refractivity contribution in [3.8, 4) is 0 Å². The third-order valence-electron chi connectivity index (χ3n) is 2.92. The van der Waals surface area contributed by atoms with E-state index in [1.807, 2.05) is 0 Å². The summed E-state index contributed by atoms with van der Waals surface area (Å²) >= 11 is 0. The zero-order valence-corrected chi connectivity index (χ0v) is 11.7. The van der Waals surface area contributed by atoms with Crippen LogP contribution in [0, 0.1) is 0 Å². The van der Waals surface area contributed by atoms with Crippen LogP contribution in [0.4, 0.5) is 18.9 Å². The number of nitrogens with one attached hydrogen (secondary N) is 1. The zero-order valence-electron chi connectivity index (χ0n) is 11.7. The zero-order chi connectivity index (χ0) is 15.9. The minimum Gasteiger partial charge on any atom is -0.478 e. The Balaban J connectivity index is 2.67. The van der Waals surface area contributed by atoms with E-state index in [-0.39, 0.29) is 11.3 Å². The number of carbonyl (C=O) groups is 1. The highest BCUT2D eigenvalue weighted by Gasteiger charge is 2.31. The van der Waals surface area contributed by atoms with Crippen molar-refractivity contribution in [1.29, 1.82) is 0 Å². The summed E-state index contributed by atoms with van der Waals surface area (Å²) in [7, 11) is 1.61. The molecule has 118 valence electrons. The summed E-state index contributed by atoms with van der Waals surface area (Å²) in [5.41, 5.74) is -1.14. The number of carboxylic acids is 1. The van der Waals surface area contributed by atoms with Gasteiger partial charge in [-0.1, -0.05) is 0 Å². The van der Waals surface area contributed by atoms with Crippen LogP contribution >= 0.6 is 0 Å². The fraction of sp³-hybridized carbons (Fsp3) is 0.500. The van der Waals surface area contributed by atoms with Gasteiger partial charge in [-0.2, -0.15) is 13.2 Å². The monoisotopic (exact) mass is 305 g/mol. The molecule has 1 aromatic carbocycles. The van der Waals surface area contributed by atoms with Gasteiger partial charge in [-0.3, -0.25) is 0 Å². The SMILES string of the molecule is COCCCCCNc1ccc(C(F)(F)F)cc1C(=O)O. The first-order chi connectivity index (χ1) is 9.86. The van der Waals surface area contributed by atoms with Crippen LogP contribution in [0.1, 0.15) is 35.2 Å². The number of carboxylic acid groups (broad SMARTS) is 1. The van der Waals surface area contributed by atoms with E-state index in [1.165, 1.54) is 0 Å². The Morgan fingerprint density at radius 1 is 1.29 bits per heavy atom. The molecular weight excluding hydrogens is 287 g/mol. The molecule has 0 atom stereocenters. The van der Waals surface area contributed by atoms with Crippen molar-refractivity contribution in [3.05, 3.63) is 29.3 Å². The molecule has 0 bridgehead atoms. The minimum absolute atomic E-state index is 0.197. The number of alkyl halides is 3. The molecule has 0 aliphatic heterocycles. The third kappa shape index (κ3) is 5.63. The van der Waals surface area contributed by atoms with Crippen molar-refractivity contribution in [3.63, 3.8) is 0 Å². The van der Waals surface area contributed by atoms with Gasteiger partial charge in [0.25, 0.3) is 0 Å². The van der Waals surface area contributed by atoms with E-state index in [1.54, 1.807) is 7.11 Å². The van der Waals surface area contributed by atoms with Crippen LogP contribution in [0.15, 0.2) is 18.2 Å². The van der Waals surface area contributed by atoms with Gasteiger partial charge in [0.2, 0.25) is 0 Å². The van der Waals surface area contributed by atoms with E-state index >= 15 is 0 Å². The Morgan fingerprint density at radius 3 is 2.57 bits per heavy atom. The fourth-order valence-electron chi connectivity index (χ4n) is 1.82. The van der Waals surface area contributed by atoms with Crippen molar-refractivity contribution in [2.45, 2.75) is 25.4 Å². The summed E-state index contributed by atoms with van der Waals surface area (Å²) in [5, 5.41) is 11.9. The molecule has 1 aromatic rings. The smallest absolute Gasteiger partial charge is 0.416 e. The molecule has 21 heavy (non-hydrogen) atoms. The third-order valence-corrected chi connectivity index (χ3v) is 2.92. The lowest BCUT2D eigenvalue weighted by molar-refractivity contribution is -0.137. The maximum Gasteiger partial charge on any atom is 0.416 e. The van der Waals surface area contributed by atoms with Crippen LogP contribution in [0.25, 0.3) is 0 Å². The van der Waals surface area contributed by atoms with E-state index in [4.69, 9.17) is 9.84 Å². The van der Waals surface area contributed by atoms with Crippen molar-refractivity contribution in [2.75, 3.05) is 25.6 Å². The second kappa shape index (κ2) is 7.87. The predicted octanol–water partition coefficient (Wildman–Crippen LogP) is 3.63. The first-order valence-corrected chi connectivity index (χ1v) is 6.53. The van der Waals surface area contributed by atoms with Crippen LogP contribution in [-0.4, -0.2) is 31.3 Å². The van der Waals surface area contributed by atoms with Gasteiger partial charge in [0, 0.05) is 25.9 Å². The lowest BCUT2D eigenvalue weighted by Gasteiger charge is -2.13. The Bertz CT molecular complexity index is 475. The quantitative estimate of drug-likeness (QED) is 0.720. The van der Waals surface area contributed by atoms with Crippen LogP contribution in [0.2, 0.25) is 0 Å². The van der Waals surface area contributed by atoms with Gasteiger partial charge in [-0.25, -0.2) is 4.79 Å². The molecule has 4 nitrogen and oxygen atoms in total. The molecule has 0 aliphatic carbocycles. The topological polar surface area (TPSA) is 58.6 Å². The first kappa shape index (κ1) is 17.3. The molecule has 0 saturated heterocycles. The standard InChI is InChI=1S/C14H18F3NO3/c1-21-8-4-2-3-7-18-12-6-5-10(14(15,16)17)9-11(12)13(19)20/h5-6,9,18H,2-4,7-8H2,1H3,(H,19,20). The maximum absolute atomic E-state index is 12.6. The van der Waals surface area contributed by atoms with Gasteiger partial charge < -0.3 is 15.2 Å². The lowest BCUT2D eigenvalue weighted by atomic mass is 10.1. The highest BCUT2D eigenvalue weighted by molar-refractivity contribution is 5.94. The van der Waals surface area contributed by atoms with E-state index in [0.717, 1.165) is 31.4 Å². The van der Waals surface area contributed by atoms with E-state index < -0.39 is 17.7 Å². The molecule has 1 rings (SSSR count). The number of unbranched alkanes of at least 4 members (excludes halogenated alkanes) is 2. The number of anilines is 1. The van der Waals surface area contributed by atoms with Crippen molar-refractivity contribution >= 4 is 11.7 Å². The molecule has 0 spiro atoms. The van der Waals surface area contributed by atoms with Gasteiger partial charge in [0.05, 0.1) is 11.1 Å². The Labute approximate surface area is 120 Å². The Morgan fingerprint density at radius 2 is 2.00 bits per heavy atom. The van der Waals surface area contributed by atoms with Gasteiger partial charge >= 0.3 is 12.1 Å². The summed E-state index contributed by atoms with van der Waals surface area (Å²) in [5.74, 6) is -1.39. The second-order valence-electron chi connectivity index (χ2n) is 4.54. The van der Waals surface area contributed by atoms with E-state index in [0.29, 0.717) is 19.2 Å². The normalized spacial score (nSPS) is 11.4.